The quantitative estimate of drug-likeness (QED) is 0.721. The second kappa shape index (κ2) is 6.60. The number of sulfonamides is 1. The second-order valence-corrected chi connectivity index (χ2v) is 11.9. The van der Waals surface area contributed by atoms with Crippen LogP contribution in [0.4, 0.5) is 0 Å². The summed E-state index contributed by atoms with van der Waals surface area (Å²) in [5.41, 5.74) is 0.355. The van der Waals surface area contributed by atoms with Gasteiger partial charge in [-0.2, -0.15) is 4.31 Å². The topological polar surface area (TPSA) is 40.6 Å². The first-order valence-corrected chi connectivity index (χ1v) is 12.3. The molecule has 7 heteroatoms. The van der Waals surface area contributed by atoms with Crippen molar-refractivity contribution in [2.75, 3.05) is 26.2 Å². The van der Waals surface area contributed by atoms with E-state index in [4.69, 9.17) is 23.2 Å². The molecular formula is C20H26Cl2N2O2S. The maximum Gasteiger partial charge on any atom is 0.243 e. The molecule has 4 saturated carbocycles. The summed E-state index contributed by atoms with van der Waals surface area (Å²) >= 11 is 12.0. The molecule has 0 atom stereocenters. The number of hydrogen-bond acceptors (Lipinski definition) is 3. The molecule has 5 aliphatic rings. The van der Waals surface area contributed by atoms with Crippen LogP contribution in [-0.4, -0.2) is 49.3 Å². The van der Waals surface area contributed by atoms with Crippen molar-refractivity contribution in [2.24, 2.45) is 17.8 Å². The number of hydrogen-bond donors (Lipinski definition) is 0. The van der Waals surface area contributed by atoms with Crippen LogP contribution in [-0.2, 0) is 10.0 Å². The molecule has 0 radical (unpaired) electrons. The van der Waals surface area contributed by atoms with E-state index in [0.29, 0.717) is 23.7 Å². The number of benzene rings is 1. The monoisotopic (exact) mass is 428 g/mol. The minimum absolute atomic E-state index is 0.236. The van der Waals surface area contributed by atoms with Crippen LogP contribution in [0.15, 0.2) is 23.1 Å². The summed E-state index contributed by atoms with van der Waals surface area (Å²) in [4.78, 5) is 2.87. The van der Waals surface area contributed by atoms with Gasteiger partial charge >= 0.3 is 0 Å². The fraction of sp³-hybridized carbons (Fsp3) is 0.700. The molecule has 4 bridgehead atoms. The maximum atomic E-state index is 13.0. The Morgan fingerprint density at radius 1 is 0.852 bits per heavy atom. The number of nitrogens with zero attached hydrogens (tertiary/aromatic N) is 2. The van der Waals surface area contributed by atoms with Gasteiger partial charge in [0.15, 0.2) is 0 Å². The third-order valence-corrected chi connectivity index (χ3v) is 10.1. The normalized spacial score (nSPS) is 37.0. The molecule has 1 saturated heterocycles. The summed E-state index contributed by atoms with van der Waals surface area (Å²) in [5.74, 6) is 2.73. The second-order valence-electron chi connectivity index (χ2n) is 9.11. The summed E-state index contributed by atoms with van der Waals surface area (Å²) < 4.78 is 27.6. The maximum absolute atomic E-state index is 13.0. The van der Waals surface area contributed by atoms with E-state index >= 15 is 0 Å². The van der Waals surface area contributed by atoms with Gasteiger partial charge in [-0.1, -0.05) is 23.2 Å². The zero-order valence-corrected chi connectivity index (χ0v) is 17.7. The lowest BCUT2D eigenvalue weighted by Crippen LogP contribution is -2.64. The molecule has 1 aliphatic heterocycles. The smallest absolute Gasteiger partial charge is 0.243 e. The van der Waals surface area contributed by atoms with Gasteiger partial charge in [0, 0.05) is 31.7 Å². The van der Waals surface area contributed by atoms with E-state index in [1.165, 1.54) is 44.6 Å². The minimum atomic E-state index is -3.52. The van der Waals surface area contributed by atoms with Gasteiger partial charge in [0.1, 0.15) is 0 Å². The Morgan fingerprint density at radius 3 is 1.93 bits per heavy atom. The van der Waals surface area contributed by atoms with Crippen LogP contribution in [0, 0.1) is 17.8 Å². The van der Waals surface area contributed by atoms with Crippen LogP contribution < -0.4 is 0 Å². The first kappa shape index (κ1) is 18.7. The molecule has 148 valence electrons. The number of piperazine rings is 1. The van der Waals surface area contributed by atoms with Gasteiger partial charge in [-0.25, -0.2) is 8.42 Å². The minimum Gasteiger partial charge on any atom is -0.295 e. The average molecular weight is 429 g/mol. The highest BCUT2D eigenvalue weighted by atomic mass is 35.5. The Labute approximate surface area is 171 Å². The first-order chi connectivity index (χ1) is 12.9. The molecule has 0 spiro atoms. The van der Waals surface area contributed by atoms with E-state index < -0.39 is 10.0 Å². The molecule has 0 N–H and O–H groups in total. The van der Waals surface area contributed by atoms with Crippen molar-refractivity contribution in [2.45, 2.75) is 49.0 Å². The van der Waals surface area contributed by atoms with Crippen molar-refractivity contribution in [3.8, 4) is 0 Å². The Balaban J connectivity index is 1.31. The van der Waals surface area contributed by atoms with Crippen molar-refractivity contribution < 1.29 is 8.42 Å². The molecule has 1 aromatic rings. The molecule has 1 aromatic carbocycles. The van der Waals surface area contributed by atoms with E-state index in [0.717, 1.165) is 30.8 Å². The van der Waals surface area contributed by atoms with Crippen molar-refractivity contribution >= 4 is 33.2 Å². The van der Waals surface area contributed by atoms with E-state index in [-0.39, 0.29) is 9.92 Å². The van der Waals surface area contributed by atoms with Gasteiger partial charge in [-0.15, -0.1) is 0 Å². The van der Waals surface area contributed by atoms with Gasteiger partial charge < -0.3 is 0 Å². The van der Waals surface area contributed by atoms with Crippen molar-refractivity contribution in [1.29, 1.82) is 0 Å². The molecule has 4 nitrogen and oxygen atoms in total. The van der Waals surface area contributed by atoms with Gasteiger partial charge in [0.2, 0.25) is 10.0 Å². The Bertz CT molecular complexity index is 814. The van der Waals surface area contributed by atoms with Crippen LogP contribution in [0.5, 0.6) is 0 Å². The van der Waals surface area contributed by atoms with Crippen molar-refractivity contribution in [1.82, 2.24) is 9.21 Å². The summed E-state index contributed by atoms with van der Waals surface area (Å²) in [7, 11) is -3.52. The van der Waals surface area contributed by atoms with Crippen LogP contribution in [0.2, 0.25) is 10.0 Å². The summed E-state index contributed by atoms with van der Waals surface area (Å²) in [5, 5.41) is 0.659. The van der Waals surface area contributed by atoms with Crippen molar-refractivity contribution in [3.05, 3.63) is 28.2 Å². The average Bonchev–Trinajstić information content (AvgIpc) is 2.63. The Hall–Kier alpha value is -0.330. The molecule has 1 heterocycles. The number of rotatable bonds is 3. The van der Waals surface area contributed by atoms with Gasteiger partial charge in [-0.3, -0.25) is 4.90 Å². The summed E-state index contributed by atoms with van der Waals surface area (Å²) in [6.07, 6.45) is 8.30. The van der Waals surface area contributed by atoms with Gasteiger partial charge in [0.05, 0.1) is 14.9 Å². The number of halogens is 2. The fourth-order valence-corrected chi connectivity index (χ4v) is 8.45. The van der Waals surface area contributed by atoms with Gasteiger partial charge in [0.25, 0.3) is 0 Å². The van der Waals surface area contributed by atoms with Crippen LogP contribution in [0.25, 0.3) is 0 Å². The zero-order chi connectivity index (χ0) is 18.8. The largest absolute Gasteiger partial charge is 0.295 e. The third kappa shape index (κ3) is 3.14. The van der Waals surface area contributed by atoms with E-state index in [9.17, 15) is 8.42 Å². The fourth-order valence-electron chi connectivity index (χ4n) is 6.64. The summed E-state index contributed by atoms with van der Waals surface area (Å²) in [6, 6.07) is 4.57. The molecule has 0 amide bonds. The lowest BCUT2D eigenvalue weighted by Gasteiger charge is -2.61. The highest BCUT2D eigenvalue weighted by Crippen LogP contribution is 2.57. The van der Waals surface area contributed by atoms with E-state index in [1.807, 2.05) is 0 Å². The molecule has 0 unspecified atom stereocenters. The lowest BCUT2D eigenvalue weighted by atomic mass is 9.52. The standard InChI is InChI=1S/C20H26Cl2N2O2S/c21-18-2-1-17(10-19(18)22)27(25,26)24-5-3-23(4-6-24)20-11-14-7-15(12-20)9-16(8-14)13-20/h1-2,10,14-16H,3-9,11-13H2. The Kier molecular flexibility index (Phi) is 4.56. The molecule has 0 aromatic heterocycles. The lowest BCUT2D eigenvalue weighted by molar-refractivity contribution is -0.0964. The van der Waals surface area contributed by atoms with Crippen LogP contribution >= 0.6 is 23.2 Å². The highest BCUT2D eigenvalue weighted by molar-refractivity contribution is 7.89. The van der Waals surface area contributed by atoms with E-state index in [2.05, 4.69) is 4.90 Å². The predicted octanol–water partition coefficient (Wildman–Crippen LogP) is 4.27. The summed E-state index contributed by atoms with van der Waals surface area (Å²) in [6.45, 7) is 2.80. The third-order valence-electron chi connectivity index (χ3n) is 7.44. The van der Waals surface area contributed by atoms with Crippen LogP contribution in [0.1, 0.15) is 38.5 Å². The van der Waals surface area contributed by atoms with Crippen molar-refractivity contribution in [3.63, 3.8) is 0 Å². The SMILES string of the molecule is O=S(=O)(c1ccc(Cl)c(Cl)c1)N1CCN(C23CC4CC(CC(C4)C2)C3)CC1. The van der Waals surface area contributed by atoms with E-state index in [1.54, 1.807) is 16.4 Å². The molecule has 5 fully saturated rings. The first-order valence-electron chi connectivity index (χ1n) is 10.1. The van der Waals surface area contributed by atoms with Crippen LogP contribution in [0.3, 0.4) is 0 Å². The molecule has 4 aliphatic carbocycles. The Morgan fingerprint density at radius 2 is 1.41 bits per heavy atom. The molecule has 6 rings (SSSR count). The predicted molar refractivity (Wildman–Crippen MR) is 108 cm³/mol. The molecule has 27 heavy (non-hydrogen) atoms. The van der Waals surface area contributed by atoms with Gasteiger partial charge in [-0.05, 0) is 74.5 Å². The highest BCUT2D eigenvalue weighted by Gasteiger charge is 2.53. The molecular weight excluding hydrogens is 403 g/mol. The zero-order valence-electron chi connectivity index (χ0n) is 15.4.